The highest BCUT2D eigenvalue weighted by molar-refractivity contribution is 9.11. The molecule has 0 aliphatic rings. The molecule has 178 valence electrons. The topological polar surface area (TPSA) is 91.2 Å². The van der Waals surface area contributed by atoms with Gasteiger partial charge < -0.3 is 15.4 Å². The van der Waals surface area contributed by atoms with E-state index in [9.17, 15) is 14.9 Å². The van der Waals surface area contributed by atoms with E-state index in [0.29, 0.717) is 36.7 Å². The summed E-state index contributed by atoms with van der Waals surface area (Å²) in [5.74, 6) is -0.677. The number of anilines is 2. The number of hydrogen-bond donors (Lipinski definition) is 2. The van der Waals surface area contributed by atoms with E-state index in [0.717, 1.165) is 11.1 Å². The normalized spacial score (nSPS) is 10.9. The Morgan fingerprint density at radius 3 is 2.49 bits per heavy atom. The van der Waals surface area contributed by atoms with Crippen molar-refractivity contribution in [1.29, 1.82) is 5.26 Å². The van der Waals surface area contributed by atoms with Crippen LogP contribution in [-0.4, -0.2) is 18.4 Å². The SMILES string of the molecule is Cc1ccc(NC(=O)/C(C#N)=C/c2cc(Br)cc(Br)c2OCC(=O)Nc2ccccc2Cl)c(C)c1. The summed E-state index contributed by atoms with van der Waals surface area (Å²) < 4.78 is 6.99. The van der Waals surface area contributed by atoms with Crippen LogP contribution in [0.25, 0.3) is 6.08 Å². The lowest BCUT2D eigenvalue weighted by Gasteiger charge is -2.13. The van der Waals surface area contributed by atoms with Crippen molar-refractivity contribution in [3.05, 3.63) is 90.8 Å². The monoisotopic (exact) mass is 615 g/mol. The molecule has 0 heterocycles. The Morgan fingerprint density at radius 2 is 1.80 bits per heavy atom. The lowest BCUT2D eigenvalue weighted by atomic mass is 10.1. The molecular formula is C26H20Br2ClN3O3. The van der Waals surface area contributed by atoms with Crippen LogP contribution in [0.15, 0.2) is 69.1 Å². The van der Waals surface area contributed by atoms with E-state index in [2.05, 4.69) is 42.5 Å². The fraction of sp³-hybridized carbons (Fsp3) is 0.115. The maximum absolute atomic E-state index is 12.8. The summed E-state index contributed by atoms with van der Waals surface area (Å²) in [7, 11) is 0. The van der Waals surface area contributed by atoms with E-state index >= 15 is 0 Å². The molecule has 6 nitrogen and oxygen atoms in total. The first kappa shape index (κ1) is 26.5. The van der Waals surface area contributed by atoms with Crippen molar-refractivity contribution in [3.8, 4) is 11.8 Å². The van der Waals surface area contributed by atoms with Crippen LogP contribution in [0.3, 0.4) is 0 Å². The van der Waals surface area contributed by atoms with E-state index < -0.39 is 11.8 Å². The molecule has 2 N–H and O–H groups in total. The minimum Gasteiger partial charge on any atom is -0.482 e. The first-order valence-corrected chi connectivity index (χ1v) is 12.3. The standard InChI is InChI=1S/C26H20Br2ClN3O3/c1-15-7-8-22(16(2)9-15)32-26(34)18(13-30)10-17-11-19(27)12-20(28)25(17)35-14-24(33)31-23-6-4-3-5-21(23)29/h3-12H,14H2,1-2H3,(H,31,33)(H,32,34)/b18-10+. The second-order valence-electron chi connectivity index (χ2n) is 7.56. The van der Waals surface area contributed by atoms with Gasteiger partial charge in [-0.25, -0.2) is 0 Å². The van der Waals surface area contributed by atoms with Gasteiger partial charge in [0.15, 0.2) is 6.61 Å². The van der Waals surface area contributed by atoms with Gasteiger partial charge in [0.2, 0.25) is 0 Å². The number of hydrogen-bond acceptors (Lipinski definition) is 4. The molecule has 0 aliphatic heterocycles. The molecule has 2 amide bonds. The average molecular weight is 618 g/mol. The van der Waals surface area contributed by atoms with Crippen molar-refractivity contribution in [2.75, 3.05) is 17.2 Å². The first-order valence-electron chi connectivity index (χ1n) is 10.3. The third-order valence-corrected chi connectivity index (χ3v) is 6.20. The van der Waals surface area contributed by atoms with Crippen molar-refractivity contribution in [2.24, 2.45) is 0 Å². The Kier molecular flexibility index (Phi) is 9.10. The Morgan fingerprint density at radius 1 is 1.06 bits per heavy atom. The molecule has 0 fully saturated rings. The summed E-state index contributed by atoms with van der Waals surface area (Å²) in [4.78, 5) is 25.2. The zero-order chi connectivity index (χ0) is 25.5. The predicted octanol–water partition coefficient (Wildman–Crippen LogP) is 7.05. The summed E-state index contributed by atoms with van der Waals surface area (Å²) in [5, 5.41) is 15.5. The van der Waals surface area contributed by atoms with Crippen molar-refractivity contribution < 1.29 is 14.3 Å². The number of carbonyl (C=O) groups excluding carboxylic acids is 2. The second kappa shape index (κ2) is 12.0. The number of nitriles is 1. The van der Waals surface area contributed by atoms with Gasteiger partial charge in [-0.2, -0.15) is 5.26 Å². The van der Waals surface area contributed by atoms with Crippen LogP contribution >= 0.6 is 43.5 Å². The summed E-state index contributed by atoms with van der Waals surface area (Å²) in [6.07, 6.45) is 1.41. The van der Waals surface area contributed by atoms with E-state index in [1.807, 2.05) is 32.0 Å². The molecule has 0 spiro atoms. The highest BCUT2D eigenvalue weighted by Crippen LogP contribution is 2.34. The van der Waals surface area contributed by atoms with Crippen molar-refractivity contribution in [3.63, 3.8) is 0 Å². The lowest BCUT2D eigenvalue weighted by molar-refractivity contribution is -0.118. The van der Waals surface area contributed by atoms with Crippen molar-refractivity contribution in [2.45, 2.75) is 13.8 Å². The number of para-hydroxylation sites is 1. The smallest absolute Gasteiger partial charge is 0.266 e. The molecule has 0 aromatic heterocycles. The van der Waals surface area contributed by atoms with Gasteiger partial charge in [-0.15, -0.1) is 0 Å². The van der Waals surface area contributed by atoms with Gasteiger partial charge in [0.05, 0.1) is 15.2 Å². The predicted molar refractivity (Wildman–Crippen MR) is 146 cm³/mol. The number of aryl methyl sites for hydroxylation is 2. The third-order valence-electron chi connectivity index (χ3n) is 4.83. The number of nitrogens with one attached hydrogen (secondary N) is 2. The largest absolute Gasteiger partial charge is 0.482 e. The van der Waals surface area contributed by atoms with Gasteiger partial charge in [-0.3, -0.25) is 9.59 Å². The van der Waals surface area contributed by atoms with Crippen molar-refractivity contribution >= 4 is 72.7 Å². The van der Waals surface area contributed by atoms with Crippen LogP contribution in [0.2, 0.25) is 5.02 Å². The Hall–Kier alpha value is -3.12. The molecule has 3 aromatic rings. The molecular weight excluding hydrogens is 598 g/mol. The molecule has 0 aliphatic carbocycles. The number of amides is 2. The number of benzene rings is 3. The van der Waals surface area contributed by atoms with E-state index in [4.69, 9.17) is 16.3 Å². The van der Waals surface area contributed by atoms with Gasteiger partial charge in [0.25, 0.3) is 11.8 Å². The quantitative estimate of drug-likeness (QED) is 0.220. The molecule has 0 unspecified atom stereocenters. The fourth-order valence-electron chi connectivity index (χ4n) is 3.17. The van der Waals surface area contributed by atoms with Crippen LogP contribution in [0.5, 0.6) is 5.75 Å². The zero-order valence-electron chi connectivity index (χ0n) is 18.8. The van der Waals surface area contributed by atoms with Crippen LogP contribution in [0, 0.1) is 25.2 Å². The summed E-state index contributed by atoms with van der Waals surface area (Å²) in [6.45, 7) is 3.52. The van der Waals surface area contributed by atoms with Gasteiger partial charge in [-0.1, -0.05) is 57.4 Å². The lowest BCUT2D eigenvalue weighted by Crippen LogP contribution is -2.20. The van der Waals surface area contributed by atoms with Gasteiger partial charge in [0.1, 0.15) is 17.4 Å². The highest BCUT2D eigenvalue weighted by atomic mass is 79.9. The Balaban J connectivity index is 1.82. The average Bonchev–Trinajstić information content (AvgIpc) is 2.80. The minimum atomic E-state index is -0.557. The first-order chi connectivity index (χ1) is 16.7. The van der Waals surface area contributed by atoms with E-state index in [1.165, 1.54) is 6.08 Å². The van der Waals surface area contributed by atoms with Gasteiger partial charge in [0, 0.05) is 15.7 Å². The molecule has 0 radical (unpaired) electrons. The van der Waals surface area contributed by atoms with Crippen LogP contribution in [-0.2, 0) is 9.59 Å². The number of rotatable bonds is 7. The van der Waals surface area contributed by atoms with Crippen molar-refractivity contribution in [1.82, 2.24) is 0 Å². The second-order valence-corrected chi connectivity index (χ2v) is 9.74. The Bertz CT molecular complexity index is 1370. The number of nitrogens with zero attached hydrogens (tertiary/aromatic N) is 1. The van der Waals surface area contributed by atoms with Crippen LogP contribution in [0.1, 0.15) is 16.7 Å². The third kappa shape index (κ3) is 7.18. The van der Waals surface area contributed by atoms with Crippen LogP contribution < -0.4 is 15.4 Å². The Labute approximate surface area is 225 Å². The number of carbonyl (C=O) groups is 2. The maximum atomic E-state index is 12.8. The summed E-state index contributed by atoms with van der Waals surface area (Å²) in [5.41, 5.74) is 3.34. The number of halogens is 3. The molecule has 35 heavy (non-hydrogen) atoms. The highest BCUT2D eigenvalue weighted by Gasteiger charge is 2.16. The van der Waals surface area contributed by atoms with Crippen LogP contribution in [0.4, 0.5) is 11.4 Å². The summed E-state index contributed by atoms with van der Waals surface area (Å²) in [6, 6.07) is 17.8. The summed E-state index contributed by atoms with van der Waals surface area (Å²) >= 11 is 12.9. The molecule has 9 heteroatoms. The van der Waals surface area contributed by atoms with Gasteiger partial charge in [-0.05, 0) is 71.7 Å². The molecule has 0 saturated carbocycles. The number of ether oxygens (including phenoxy) is 1. The zero-order valence-corrected chi connectivity index (χ0v) is 22.7. The molecule has 0 saturated heterocycles. The fourth-order valence-corrected chi connectivity index (χ4v) is 4.73. The van der Waals surface area contributed by atoms with E-state index in [-0.39, 0.29) is 12.2 Å². The van der Waals surface area contributed by atoms with E-state index in [1.54, 1.807) is 42.5 Å². The molecule has 3 aromatic carbocycles. The maximum Gasteiger partial charge on any atom is 0.266 e. The minimum absolute atomic E-state index is 0.125. The molecule has 0 bridgehead atoms. The molecule has 3 rings (SSSR count). The molecule has 0 atom stereocenters. The van der Waals surface area contributed by atoms with Gasteiger partial charge >= 0.3 is 0 Å².